The summed E-state index contributed by atoms with van der Waals surface area (Å²) in [7, 11) is 0. The van der Waals surface area contributed by atoms with Gasteiger partial charge >= 0.3 is 0 Å². The second kappa shape index (κ2) is 7.79. The molecule has 0 saturated carbocycles. The molecule has 0 aromatic carbocycles. The molecule has 5 nitrogen and oxygen atoms in total. The molecule has 0 aliphatic carbocycles. The standard InChI is InChI=1S/C11H25N3O2S/c1-8(9(7-15)17-4)13-6-5-11(2,3)10(12)14-16/h8-9,13,15-16H,5-7H2,1-4H3,(H2,12,14). The van der Waals surface area contributed by atoms with Gasteiger partial charge in [-0.15, -0.1) is 0 Å². The van der Waals surface area contributed by atoms with Crippen molar-refractivity contribution in [3.05, 3.63) is 0 Å². The molecule has 0 aliphatic heterocycles. The Labute approximate surface area is 108 Å². The van der Waals surface area contributed by atoms with E-state index in [0.717, 1.165) is 13.0 Å². The normalized spacial score (nSPS) is 16.9. The van der Waals surface area contributed by atoms with Crippen LogP contribution in [0.15, 0.2) is 5.16 Å². The summed E-state index contributed by atoms with van der Waals surface area (Å²) >= 11 is 1.65. The van der Waals surface area contributed by atoms with E-state index in [1.54, 1.807) is 11.8 Å². The number of nitrogens with one attached hydrogen (secondary N) is 1. The molecule has 0 aromatic rings. The second-order valence-electron chi connectivity index (χ2n) is 4.82. The maximum absolute atomic E-state index is 9.15. The number of aliphatic hydroxyl groups excluding tert-OH is 1. The van der Waals surface area contributed by atoms with Crippen LogP contribution in [0.4, 0.5) is 0 Å². The summed E-state index contributed by atoms with van der Waals surface area (Å²) in [6.45, 7) is 6.85. The van der Waals surface area contributed by atoms with E-state index in [0.29, 0.717) is 0 Å². The van der Waals surface area contributed by atoms with Gasteiger partial charge in [0.2, 0.25) is 0 Å². The molecular formula is C11H25N3O2S. The van der Waals surface area contributed by atoms with Crippen molar-refractivity contribution < 1.29 is 10.3 Å². The van der Waals surface area contributed by atoms with E-state index in [9.17, 15) is 0 Å². The van der Waals surface area contributed by atoms with Crippen molar-refractivity contribution in [2.75, 3.05) is 19.4 Å². The van der Waals surface area contributed by atoms with Crippen molar-refractivity contribution in [3.8, 4) is 0 Å². The molecule has 2 unspecified atom stereocenters. The number of nitrogens with two attached hydrogens (primary N) is 1. The van der Waals surface area contributed by atoms with E-state index in [1.807, 2.05) is 27.0 Å². The zero-order valence-corrected chi connectivity index (χ0v) is 11.9. The highest BCUT2D eigenvalue weighted by Crippen LogP contribution is 2.20. The van der Waals surface area contributed by atoms with Gasteiger partial charge in [0.1, 0.15) is 5.84 Å². The fourth-order valence-electron chi connectivity index (χ4n) is 1.44. The second-order valence-corrected chi connectivity index (χ2v) is 5.90. The van der Waals surface area contributed by atoms with Crippen molar-refractivity contribution in [1.29, 1.82) is 0 Å². The molecule has 0 fully saturated rings. The predicted molar refractivity (Wildman–Crippen MR) is 73.7 cm³/mol. The van der Waals surface area contributed by atoms with Crippen LogP contribution < -0.4 is 11.1 Å². The highest BCUT2D eigenvalue weighted by Gasteiger charge is 2.24. The van der Waals surface area contributed by atoms with Crippen LogP contribution in [0.5, 0.6) is 0 Å². The molecule has 0 amide bonds. The monoisotopic (exact) mass is 263 g/mol. The number of amidine groups is 1. The molecule has 0 radical (unpaired) electrons. The smallest absolute Gasteiger partial charge is 0.144 e. The number of aliphatic hydroxyl groups is 1. The fourth-order valence-corrected chi connectivity index (χ4v) is 2.10. The third-order valence-corrected chi connectivity index (χ3v) is 4.22. The lowest BCUT2D eigenvalue weighted by Gasteiger charge is -2.26. The van der Waals surface area contributed by atoms with Crippen LogP contribution in [0.3, 0.4) is 0 Å². The van der Waals surface area contributed by atoms with Crippen molar-refractivity contribution in [2.24, 2.45) is 16.3 Å². The van der Waals surface area contributed by atoms with Gasteiger partial charge in [-0.25, -0.2) is 0 Å². The fraction of sp³-hybridized carbons (Fsp3) is 0.909. The Bertz CT molecular complexity index is 243. The number of oxime groups is 1. The van der Waals surface area contributed by atoms with Crippen LogP contribution in [-0.4, -0.2) is 46.8 Å². The van der Waals surface area contributed by atoms with Gasteiger partial charge in [0.25, 0.3) is 0 Å². The quantitative estimate of drug-likeness (QED) is 0.226. The van der Waals surface area contributed by atoms with E-state index in [1.165, 1.54) is 0 Å². The minimum absolute atomic E-state index is 0.166. The van der Waals surface area contributed by atoms with Crippen molar-refractivity contribution in [2.45, 2.75) is 38.5 Å². The summed E-state index contributed by atoms with van der Waals surface area (Å²) in [5, 5.41) is 24.4. The summed E-state index contributed by atoms with van der Waals surface area (Å²) < 4.78 is 0. The Morgan fingerprint density at radius 1 is 1.53 bits per heavy atom. The first-order valence-corrected chi connectivity index (χ1v) is 7.03. The lowest BCUT2D eigenvalue weighted by Crippen LogP contribution is -2.41. The van der Waals surface area contributed by atoms with E-state index in [2.05, 4.69) is 10.5 Å². The molecule has 0 spiro atoms. The number of nitrogens with zero attached hydrogens (tertiary/aromatic N) is 1. The molecule has 2 atom stereocenters. The molecule has 0 rings (SSSR count). The molecule has 102 valence electrons. The van der Waals surface area contributed by atoms with Gasteiger partial charge < -0.3 is 21.4 Å². The maximum Gasteiger partial charge on any atom is 0.144 e. The Morgan fingerprint density at radius 3 is 2.53 bits per heavy atom. The molecule has 0 bridgehead atoms. The molecule has 6 heteroatoms. The number of thioether (sulfide) groups is 1. The van der Waals surface area contributed by atoms with Gasteiger partial charge in [-0.1, -0.05) is 19.0 Å². The maximum atomic E-state index is 9.15. The summed E-state index contributed by atoms with van der Waals surface area (Å²) in [4.78, 5) is 0. The summed E-state index contributed by atoms with van der Waals surface area (Å²) in [5.74, 6) is 0.246. The van der Waals surface area contributed by atoms with E-state index < -0.39 is 0 Å². The molecule has 0 heterocycles. The summed E-state index contributed by atoms with van der Waals surface area (Å²) in [6.07, 6.45) is 2.76. The summed E-state index contributed by atoms with van der Waals surface area (Å²) in [6, 6.07) is 0.234. The van der Waals surface area contributed by atoms with Crippen molar-refractivity contribution in [1.82, 2.24) is 5.32 Å². The third-order valence-electron chi connectivity index (χ3n) is 3.06. The largest absolute Gasteiger partial charge is 0.409 e. The number of hydrogen-bond donors (Lipinski definition) is 4. The Morgan fingerprint density at radius 2 is 2.12 bits per heavy atom. The summed E-state index contributed by atoms with van der Waals surface area (Å²) in [5.41, 5.74) is 5.28. The first-order chi connectivity index (χ1) is 7.88. The highest BCUT2D eigenvalue weighted by atomic mass is 32.2. The van der Waals surface area contributed by atoms with Gasteiger partial charge in [-0.3, -0.25) is 0 Å². The lowest BCUT2D eigenvalue weighted by atomic mass is 9.88. The zero-order valence-electron chi connectivity index (χ0n) is 11.1. The molecule has 5 N–H and O–H groups in total. The van der Waals surface area contributed by atoms with E-state index in [-0.39, 0.29) is 29.1 Å². The van der Waals surface area contributed by atoms with Gasteiger partial charge in [0.15, 0.2) is 0 Å². The van der Waals surface area contributed by atoms with Crippen LogP contribution in [0.25, 0.3) is 0 Å². The highest BCUT2D eigenvalue weighted by molar-refractivity contribution is 7.99. The van der Waals surface area contributed by atoms with Crippen LogP contribution in [0.2, 0.25) is 0 Å². The van der Waals surface area contributed by atoms with Crippen LogP contribution in [0.1, 0.15) is 27.2 Å². The van der Waals surface area contributed by atoms with Crippen LogP contribution in [-0.2, 0) is 0 Å². The van der Waals surface area contributed by atoms with Gasteiger partial charge in [0.05, 0.1) is 6.61 Å². The average Bonchev–Trinajstić information content (AvgIpc) is 2.29. The van der Waals surface area contributed by atoms with Crippen LogP contribution in [0, 0.1) is 5.41 Å². The predicted octanol–water partition coefficient (Wildman–Crippen LogP) is 0.851. The first-order valence-electron chi connectivity index (χ1n) is 5.74. The number of rotatable bonds is 8. The van der Waals surface area contributed by atoms with Gasteiger partial charge in [0, 0.05) is 16.7 Å². The SMILES string of the molecule is CSC(CO)C(C)NCCC(C)(C)C(N)=NO. The molecule has 0 saturated heterocycles. The molecule has 0 aliphatic rings. The Balaban J connectivity index is 4.07. The first kappa shape index (κ1) is 16.5. The Kier molecular flexibility index (Phi) is 7.58. The van der Waals surface area contributed by atoms with Crippen LogP contribution >= 0.6 is 11.8 Å². The topological polar surface area (TPSA) is 90.9 Å². The average molecular weight is 263 g/mol. The van der Waals surface area contributed by atoms with Gasteiger partial charge in [-0.05, 0) is 26.1 Å². The van der Waals surface area contributed by atoms with Gasteiger partial charge in [-0.2, -0.15) is 11.8 Å². The minimum Gasteiger partial charge on any atom is -0.409 e. The Hall–Kier alpha value is -0.460. The van der Waals surface area contributed by atoms with Crippen molar-refractivity contribution >= 4 is 17.6 Å². The molecule has 0 aromatic heterocycles. The zero-order chi connectivity index (χ0) is 13.5. The van der Waals surface area contributed by atoms with E-state index >= 15 is 0 Å². The number of hydrogen-bond acceptors (Lipinski definition) is 5. The molecule has 17 heavy (non-hydrogen) atoms. The lowest BCUT2D eigenvalue weighted by molar-refractivity contribution is 0.273. The minimum atomic E-state index is -0.324. The third kappa shape index (κ3) is 5.61. The van der Waals surface area contributed by atoms with Crippen molar-refractivity contribution in [3.63, 3.8) is 0 Å². The van der Waals surface area contributed by atoms with E-state index in [4.69, 9.17) is 16.0 Å². The molecular weight excluding hydrogens is 238 g/mol.